The molecule has 0 atom stereocenters. The van der Waals surface area contributed by atoms with E-state index in [0.29, 0.717) is 5.69 Å². The van der Waals surface area contributed by atoms with Crippen LogP contribution in [-0.4, -0.2) is 20.6 Å². The maximum atomic E-state index is 11.6. The maximum absolute atomic E-state index is 11.6. The van der Waals surface area contributed by atoms with Crippen LogP contribution in [0.4, 0.5) is 5.69 Å². The Morgan fingerprint density at radius 2 is 2.35 bits per heavy atom. The van der Waals surface area contributed by atoms with Gasteiger partial charge in [-0.25, -0.2) is 4.98 Å². The molecule has 0 saturated heterocycles. The third kappa shape index (κ3) is 2.98. The van der Waals surface area contributed by atoms with Crippen molar-refractivity contribution in [3.8, 4) is 5.75 Å². The summed E-state index contributed by atoms with van der Waals surface area (Å²) in [6.45, 7) is 0.0779. The van der Waals surface area contributed by atoms with Gasteiger partial charge in [0.05, 0.1) is 0 Å². The monoisotopic (exact) mass is 251 g/mol. The van der Waals surface area contributed by atoms with Gasteiger partial charge in [0.2, 0.25) is 11.2 Å². The molecule has 2 rings (SSSR count). The van der Waals surface area contributed by atoms with E-state index in [9.17, 15) is 9.90 Å². The van der Waals surface area contributed by atoms with Crippen molar-refractivity contribution in [2.75, 3.05) is 5.32 Å². The van der Waals surface area contributed by atoms with Crippen molar-refractivity contribution in [3.05, 3.63) is 41.9 Å². The number of imidazole rings is 1. The lowest BCUT2D eigenvalue weighted by molar-refractivity contribution is -0.116. The fourth-order valence-corrected chi connectivity index (χ4v) is 1.54. The average Bonchev–Trinajstić information content (AvgIpc) is 2.64. The zero-order valence-electron chi connectivity index (χ0n) is 8.80. The van der Waals surface area contributed by atoms with Gasteiger partial charge < -0.3 is 15.0 Å². The molecular weight excluding hydrogens is 242 g/mol. The standard InChI is InChI=1S/C11H10ClN3O2/c12-11-13-4-5-15(11)7-10(17)14-8-2-1-3-9(16)6-8/h1-6,16H,7H2,(H,14,17). The highest BCUT2D eigenvalue weighted by Crippen LogP contribution is 2.15. The van der Waals surface area contributed by atoms with Crippen molar-refractivity contribution in [3.63, 3.8) is 0 Å². The van der Waals surface area contributed by atoms with E-state index in [1.165, 1.54) is 22.9 Å². The highest BCUT2D eigenvalue weighted by molar-refractivity contribution is 6.28. The van der Waals surface area contributed by atoms with Gasteiger partial charge in [-0.1, -0.05) is 6.07 Å². The molecule has 2 aromatic rings. The van der Waals surface area contributed by atoms with E-state index < -0.39 is 0 Å². The third-order valence-electron chi connectivity index (χ3n) is 2.11. The first kappa shape index (κ1) is 11.5. The Bertz CT molecular complexity index is 539. The molecule has 1 heterocycles. The predicted octanol–water partition coefficient (Wildman–Crippen LogP) is 1.88. The highest BCUT2D eigenvalue weighted by atomic mass is 35.5. The summed E-state index contributed by atoms with van der Waals surface area (Å²) in [5.41, 5.74) is 0.534. The molecule has 0 saturated carbocycles. The number of phenolic OH excluding ortho intramolecular Hbond substituents is 1. The van der Waals surface area contributed by atoms with Gasteiger partial charge in [-0.15, -0.1) is 0 Å². The van der Waals surface area contributed by atoms with Crippen LogP contribution in [0.2, 0.25) is 5.28 Å². The molecule has 1 aromatic carbocycles. The number of aromatic nitrogens is 2. The van der Waals surface area contributed by atoms with Crippen LogP contribution >= 0.6 is 11.6 Å². The second-order valence-corrected chi connectivity index (χ2v) is 3.76. The number of aromatic hydroxyl groups is 1. The minimum Gasteiger partial charge on any atom is -0.508 e. The number of anilines is 1. The number of benzene rings is 1. The first-order chi connectivity index (χ1) is 8.15. The highest BCUT2D eigenvalue weighted by Gasteiger charge is 2.06. The second kappa shape index (κ2) is 4.88. The van der Waals surface area contributed by atoms with Gasteiger partial charge in [0.1, 0.15) is 12.3 Å². The van der Waals surface area contributed by atoms with Gasteiger partial charge in [-0.3, -0.25) is 4.79 Å². The van der Waals surface area contributed by atoms with Gasteiger partial charge in [-0.05, 0) is 23.7 Å². The van der Waals surface area contributed by atoms with Gasteiger partial charge in [0, 0.05) is 24.1 Å². The minimum absolute atomic E-state index is 0.0779. The van der Waals surface area contributed by atoms with Crippen molar-refractivity contribution >= 4 is 23.2 Å². The molecule has 0 radical (unpaired) electrons. The molecule has 6 heteroatoms. The number of carbonyl (C=O) groups is 1. The molecule has 1 amide bonds. The van der Waals surface area contributed by atoms with Gasteiger partial charge in [0.15, 0.2) is 0 Å². The normalized spacial score (nSPS) is 10.2. The van der Waals surface area contributed by atoms with E-state index in [4.69, 9.17) is 11.6 Å². The summed E-state index contributed by atoms with van der Waals surface area (Å²) in [6, 6.07) is 6.33. The van der Waals surface area contributed by atoms with E-state index in [2.05, 4.69) is 10.3 Å². The van der Waals surface area contributed by atoms with Crippen molar-refractivity contribution < 1.29 is 9.90 Å². The van der Waals surface area contributed by atoms with Gasteiger partial charge >= 0.3 is 0 Å². The first-order valence-corrected chi connectivity index (χ1v) is 5.28. The van der Waals surface area contributed by atoms with E-state index in [0.717, 1.165) is 0 Å². The first-order valence-electron chi connectivity index (χ1n) is 4.90. The summed E-state index contributed by atoms with van der Waals surface area (Å²) in [7, 11) is 0. The zero-order chi connectivity index (χ0) is 12.3. The molecule has 88 valence electrons. The van der Waals surface area contributed by atoms with Gasteiger partial charge in [0.25, 0.3) is 0 Å². The Labute approximate surface area is 103 Å². The lowest BCUT2D eigenvalue weighted by Crippen LogP contribution is -2.18. The quantitative estimate of drug-likeness (QED) is 0.875. The summed E-state index contributed by atoms with van der Waals surface area (Å²) in [4.78, 5) is 15.4. The summed E-state index contributed by atoms with van der Waals surface area (Å²) < 4.78 is 1.51. The predicted molar refractivity (Wildman–Crippen MR) is 64.0 cm³/mol. The maximum Gasteiger partial charge on any atom is 0.244 e. The Morgan fingerprint density at radius 1 is 1.53 bits per heavy atom. The van der Waals surface area contributed by atoms with Crippen molar-refractivity contribution in [2.24, 2.45) is 0 Å². The number of halogens is 1. The van der Waals surface area contributed by atoms with E-state index in [-0.39, 0.29) is 23.5 Å². The molecule has 5 nitrogen and oxygen atoms in total. The molecule has 0 aliphatic heterocycles. The number of nitrogens with zero attached hydrogens (tertiary/aromatic N) is 2. The van der Waals surface area contributed by atoms with Crippen LogP contribution in [0.5, 0.6) is 5.75 Å². The number of amides is 1. The topological polar surface area (TPSA) is 67.2 Å². The van der Waals surface area contributed by atoms with Crippen molar-refractivity contribution in [1.82, 2.24) is 9.55 Å². The molecule has 0 fully saturated rings. The molecule has 0 aliphatic carbocycles. The molecule has 1 aromatic heterocycles. The Hall–Kier alpha value is -2.01. The van der Waals surface area contributed by atoms with Crippen LogP contribution in [0.25, 0.3) is 0 Å². The number of carbonyl (C=O) groups excluding carboxylic acids is 1. The van der Waals surface area contributed by atoms with Crippen LogP contribution < -0.4 is 5.32 Å². The summed E-state index contributed by atoms with van der Waals surface area (Å²) >= 11 is 5.74. The number of nitrogens with one attached hydrogen (secondary N) is 1. The third-order valence-corrected chi connectivity index (χ3v) is 2.42. The SMILES string of the molecule is O=C(Cn1ccnc1Cl)Nc1cccc(O)c1. The molecule has 0 aliphatic rings. The van der Waals surface area contributed by atoms with Gasteiger partial charge in [-0.2, -0.15) is 0 Å². The second-order valence-electron chi connectivity index (χ2n) is 3.42. The minimum atomic E-state index is -0.240. The van der Waals surface area contributed by atoms with Crippen LogP contribution in [0, 0.1) is 0 Å². The molecule has 0 bridgehead atoms. The number of rotatable bonds is 3. The summed E-state index contributed by atoms with van der Waals surface area (Å²) in [6.07, 6.45) is 3.13. The smallest absolute Gasteiger partial charge is 0.244 e. The summed E-state index contributed by atoms with van der Waals surface area (Å²) in [5.74, 6) is -0.140. The molecular formula is C11H10ClN3O2. The van der Waals surface area contributed by atoms with E-state index in [1.54, 1.807) is 18.3 Å². The Balaban J connectivity index is 2.01. The molecule has 0 spiro atoms. The zero-order valence-corrected chi connectivity index (χ0v) is 9.55. The van der Waals surface area contributed by atoms with Crippen LogP contribution in [-0.2, 0) is 11.3 Å². The Morgan fingerprint density at radius 3 is 3.00 bits per heavy atom. The lowest BCUT2D eigenvalue weighted by Gasteiger charge is -2.06. The fraction of sp³-hybridized carbons (Fsp3) is 0.0909. The Kier molecular flexibility index (Phi) is 3.30. The fourth-order valence-electron chi connectivity index (χ4n) is 1.37. The lowest BCUT2D eigenvalue weighted by atomic mass is 10.3. The average molecular weight is 252 g/mol. The number of phenols is 1. The molecule has 17 heavy (non-hydrogen) atoms. The van der Waals surface area contributed by atoms with Crippen LogP contribution in [0.15, 0.2) is 36.7 Å². The van der Waals surface area contributed by atoms with Crippen molar-refractivity contribution in [1.29, 1.82) is 0 Å². The number of hydrogen-bond donors (Lipinski definition) is 2. The van der Waals surface area contributed by atoms with Crippen LogP contribution in [0.3, 0.4) is 0 Å². The number of hydrogen-bond acceptors (Lipinski definition) is 3. The van der Waals surface area contributed by atoms with Crippen LogP contribution in [0.1, 0.15) is 0 Å². The summed E-state index contributed by atoms with van der Waals surface area (Å²) in [5, 5.41) is 12.1. The van der Waals surface area contributed by atoms with E-state index >= 15 is 0 Å². The van der Waals surface area contributed by atoms with E-state index in [1.807, 2.05) is 0 Å². The molecule has 0 unspecified atom stereocenters. The molecule has 2 N–H and O–H groups in total. The van der Waals surface area contributed by atoms with Crippen molar-refractivity contribution in [2.45, 2.75) is 6.54 Å². The largest absolute Gasteiger partial charge is 0.508 e.